The molecule has 3 aliphatic heterocycles. The molecule has 3 aliphatic carbocycles. The summed E-state index contributed by atoms with van der Waals surface area (Å²) < 4.78 is 43.8. The Balaban J connectivity index is 0.000000148. The third kappa shape index (κ3) is 15.1. The second-order valence-electron chi connectivity index (χ2n) is 23.8. The van der Waals surface area contributed by atoms with Gasteiger partial charge in [-0.2, -0.15) is 0 Å². The third-order valence-corrected chi connectivity index (χ3v) is 17.7. The summed E-state index contributed by atoms with van der Waals surface area (Å²) in [6.07, 6.45) is 11.1. The summed E-state index contributed by atoms with van der Waals surface area (Å²) in [6, 6.07) is 39.3. The number of rotatable bonds is 16. The van der Waals surface area contributed by atoms with Gasteiger partial charge in [-0.1, -0.05) is 55.3 Å². The number of fused-ring (bicyclic) bond motifs is 4. The zero-order valence-electron chi connectivity index (χ0n) is 54.1. The van der Waals surface area contributed by atoms with Gasteiger partial charge in [0, 0.05) is 69.0 Å². The van der Waals surface area contributed by atoms with Crippen molar-refractivity contribution in [3.8, 4) is 34.5 Å². The maximum absolute atomic E-state index is 13.2. The topological polar surface area (TPSA) is 294 Å². The standard InChI is InChI=1S/C27H24N2O6.C24H26N2O6.C22H22N2O6/c1-33-23-12-10-19(14-24(23)35-22-11-8-16-5-3-4-6-20(16)22)29-15-17-7-9-18(13-21(17)26(29)31)28-25(30)27(32)34-2;1-30-20-10-9-18(12-21(20)32-14-15-5-3-4-6-15)26-13-16-7-8-17(11-19(16)23(26)28)25-22(27)24(29)31-2;1-29-18-9-8-15(11-19(18)30-16-4-2-3-5-16)24-12-13-6-7-14(10-17(13)21(24)26)23-20(25)22(27)28/h3-7,9-10,12-14,22H,8,11,15H2,1-2H3,(H,28,30);7-12,15H,3-6,13-14H2,1-2H3,(H,25,27);6-11,16H,2-5,12H2,1H3,(H,23,25)(H,27,28). The molecule has 3 heterocycles. The molecule has 2 fully saturated rings. The van der Waals surface area contributed by atoms with Crippen molar-refractivity contribution in [3.63, 3.8) is 0 Å². The van der Waals surface area contributed by atoms with E-state index in [1.165, 1.54) is 42.9 Å². The summed E-state index contributed by atoms with van der Waals surface area (Å²) in [6.45, 7) is 1.78. The van der Waals surface area contributed by atoms with Crippen LogP contribution in [-0.2, 0) is 64.3 Å². The number of hydrogen-bond donors (Lipinski definition) is 4. The van der Waals surface area contributed by atoms with E-state index < -0.39 is 35.6 Å². The predicted molar refractivity (Wildman–Crippen MR) is 356 cm³/mol. The Kier molecular flexibility index (Phi) is 20.6. The van der Waals surface area contributed by atoms with Gasteiger partial charge in [-0.05, 0) is 158 Å². The minimum absolute atomic E-state index is 0.0807. The number of methoxy groups -OCH3 is 5. The number of nitrogens with one attached hydrogen (secondary N) is 3. The highest BCUT2D eigenvalue weighted by Crippen LogP contribution is 2.43. The summed E-state index contributed by atoms with van der Waals surface area (Å²) in [4.78, 5) is 113. The first kappa shape index (κ1) is 67.0. The Bertz CT molecular complexity index is 4240. The van der Waals surface area contributed by atoms with Gasteiger partial charge in [-0.25, -0.2) is 14.4 Å². The van der Waals surface area contributed by atoms with Crippen LogP contribution in [0.4, 0.5) is 34.1 Å². The molecule has 24 nitrogen and oxygen atoms in total. The van der Waals surface area contributed by atoms with Crippen molar-refractivity contribution in [1.29, 1.82) is 0 Å². The van der Waals surface area contributed by atoms with Crippen LogP contribution in [0.5, 0.6) is 34.5 Å². The number of carbonyl (C=O) groups excluding carboxylic acids is 8. The van der Waals surface area contributed by atoms with Crippen LogP contribution in [0.1, 0.15) is 123 Å². The number of carboxylic acids is 1. The zero-order valence-corrected chi connectivity index (χ0v) is 54.1. The SMILES string of the molecule is COC(=O)C(=O)Nc1ccc2c(c1)C(=O)N(c1ccc(OC)c(OC3CCc4ccccc43)c1)C2.COC(=O)C(=O)Nc1ccc2c(c1)C(=O)N(c1ccc(OC)c(OCC3CCCC3)c1)C2.COc1ccc(N2Cc3ccc(NC(=O)C(=O)O)cc3C2=O)cc1OC1CCCC1. The normalized spacial score (nSPS) is 15.7. The third-order valence-electron chi connectivity index (χ3n) is 17.7. The molecule has 13 rings (SSSR count). The summed E-state index contributed by atoms with van der Waals surface area (Å²) >= 11 is 0. The van der Waals surface area contributed by atoms with E-state index in [1.54, 1.807) is 109 Å². The van der Waals surface area contributed by atoms with Crippen molar-refractivity contribution in [2.45, 2.75) is 96.1 Å². The quantitative estimate of drug-likeness (QED) is 0.0516. The van der Waals surface area contributed by atoms with Crippen LogP contribution in [0.15, 0.2) is 133 Å². The fourth-order valence-electron chi connectivity index (χ4n) is 12.7. The number of hydrogen-bond acceptors (Lipinski definition) is 17. The minimum Gasteiger partial charge on any atom is -0.493 e. The maximum Gasteiger partial charge on any atom is 0.396 e. The highest BCUT2D eigenvalue weighted by Gasteiger charge is 2.35. The molecule has 4 N–H and O–H groups in total. The lowest BCUT2D eigenvalue weighted by Crippen LogP contribution is -2.24. The van der Waals surface area contributed by atoms with Gasteiger partial charge in [0.2, 0.25) is 0 Å². The average Bonchev–Trinajstić information content (AvgIpc) is 1.66. The number of ether oxygens (including phenoxy) is 8. The van der Waals surface area contributed by atoms with Crippen LogP contribution in [0.25, 0.3) is 0 Å². The van der Waals surface area contributed by atoms with E-state index >= 15 is 0 Å². The molecule has 0 saturated heterocycles. The molecular weight excluding hydrogens is 1250 g/mol. The molecule has 0 aromatic heterocycles. The highest BCUT2D eigenvalue weighted by atomic mass is 16.5. The number of nitrogens with zero attached hydrogens (tertiary/aromatic N) is 3. The number of anilines is 6. The Morgan fingerprint density at radius 1 is 0.443 bits per heavy atom. The molecule has 0 radical (unpaired) electrons. The van der Waals surface area contributed by atoms with Crippen molar-refractivity contribution in [2.75, 3.05) is 72.8 Å². The van der Waals surface area contributed by atoms with E-state index in [0.29, 0.717) is 112 Å². The van der Waals surface area contributed by atoms with Crippen molar-refractivity contribution >= 4 is 87.5 Å². The van der Waals surface area contributed by atoms with Crippen LogP contribution in [0.2, 0.25) is 0 Å². The van der Waals surface area contributed by atoms with Gasteiger partial charge in [-0.15, -0.1) is 0 Å². The van der Waals surface area contributed by atoms with Crippen LogP contribution in [0, 0.1) is 5.92 Å². The van der Waals surface area contributed by atoms with E-state index in [0.717, 1.165) is 69.4 Å². The van der Waals surface area contributed by atoms with Crippen LogP contribution in [-0.4, -0.2) is 107 Å². The van der Waals surface area contributed by atoms with Gasteiger partial charge >= 0.3 is 35.6 Å². The average molecular weight is 1320 g/mol. The van der Waals surface area contributed by atoms with Crippen LogP contribution in [0.3, 0.4) is 0 Å². The number of esters is 2. The largest absolute Gasteiger partial charge is 0.493 e. The van der Waals surface area contributed by atoms with E-state index in [-0.39, 0.29) is 35.6 Å². The Morgan fingerprint density at radius 2 is 0.856 bits per heavy atom. The number of aliphatic carboxylic acids is 1. The fraction of sp³-hybridized carbons (Fsp3) is 0.301. The fourth-order valence-corrected chi connectivity index (χ4v) is 12.7. The van der Waals surface area contributed by atoms with Gasteiger partial charge in [-0.3, -0.25) is 28.8 Å². The number of benzene rings is 7. The summed E-state index contributed by atoms with van der Waals surface area (Å²) in [5.74, 6) is -2.98. The minimum atomic E-state index is -1.59. The smallest absolute Gasteiger partial charge is 0.396 e. The predicted octanol–water partition coefficient (Wildman–Crippen LogP) is 10.8. The number of aryl methyl sites for hydroxylation is 1. The molecule has 1 unspecified atom stereocenters. The molecule has 7 aromatic rings. The Hall–Kier alpha value is -11.4. The van der Waals surface area contributed by atoms with Gasteiger partial charge in [0.15, 0.2) is 34.5 Å². The molecule has 97 heavy (non-hydrogen) atoms. The van der Waals surface area contributed by atoms with E-state index in [1.807, 2.05) is 42.5 Å². The van der Waals surface area contributed by atoms with E-state index in [9.17, 15) is 43.2 Å². The van der Waals surface area contributed by atoms with Gasteiger partial charge in [0.05, 0.1) is 67.9 Å². The maximum atomic E-state index is 13.2. The van der Waals surface area contributed by atoms with Gasteiger partial charge < -0.3 is 73.7 Å². The second kappa shape index (κ2) is 29.9. The second-order valence-corrected chi connectivity index (χ2v) is 23.8. The zero-order chi connectivity index (χ0) is 68.4. The summed E-state index contributed by atoms with van der Waals surface area (Å²) in [7, 11) is 7.03. The lowest BCUT2D eigenvalue weighted by molar-refractivity contribution is -0.150. The molecule has 6 aliphatic rings. The number of carbonyl (C=O) groups is 9. The van der Waals surface area contributed by atoms with Crippen LogP contribution < -0.4 is 59.1 Å². The monoisotopic (exact) mass is 1320 g/mol. The first-order valence-electron chi connectivity index (χ1n) is 31.7. The molecule has 0 spiro atoms. The Morgan fingerprint density at radius 3 is 1.30 bits per heavy atom. The lowest BCUT2D eigenvalue weighted by Gasteiger charge is -2.21. The Labute approximate surface area is 558 Å². The van der Waals surface area contributed by atoms with Crippen molar-refractivity contribution in [2.24, 2.45) is 5.92 Å². The van der Waals surface area contributed by atoms with Gasteiger partial charge in [0.1, 0.15) is 6.10 Å². The molecule has 2 saturated carbocycles. The first-order valence-corrected chi connectivity index (χ1v) is 31.7. The molecule has 7 aromatic carbocycles. The van der Waals surface area contributed by atoms with E-state index in [4.69, 9.17) is 33.5 Å². The summed E-state index contributed by atoms with van der Waals surface area (Å²) in [5.41, 5.74) is 9.25. The van der Waals surface area contributed by atoms with Crippen molar-refractivity contribution < 1.29 is 86.2 Å². The van der Waals surface area contributed by atoms with Gasteiger partial charge in [0.25, 0.3) is 17.7 Å². The molecule has 1 atom stereocenters. The first-order chi connectivity index (χ1) is 46.9. The molecule has 502 valence electrons. The lowest BCUT2D eigenvalue weighted by atomic mass is 10.1. The molecule has 0 bridgehead atoms. The number of carboxylic acid groups (broad SMARTS) is 1. The highest BCUT2D eigenvalue weighted by molar-refractivity contribution is 6.38. The van der Waals surface area contributed by atoms with Crippen molar-refractivity contribution in [1.82, 2.24) is 0 Å². The van der Waals surface area contributed by atoms with Crippen LogP contribution >= 0.6 is 0 Å². The molecule has 6 amide bonds. The van der Waals surface area contributed by atoms with E-state index in [2.05, 4.69) is 37.6 Å². The molecule has 24 heteroatoms. The van der Waals surface area contributed by atoms with Crippen molar-refractivity contribution in [3.05, 3.63) is 178 Å². The number of amides is 6. The summed E-state index contributed by atoms with van der Waals surface area (Å²) in [5, 5.41) is 15.9. The molecular formula is C73H72N6O18.